The summed E-state index contributed by atoms with van der Waals surface area (Å²) in [7, 11) is 2.10. The smallest absolute Gasteiger partial charge is 0.337 e. The predicted octanol–water partition coefficient (Wildman–Crippen LogP) is 2.53. The minimum absolute atomic E-state index is 0.0300. The highest BCUT2D eigenvalue weighted by Gasteiger charge is 2.57. The zero-order valence-electron chi connectivity index (χ0n) is 52.4. The molecule has 1 aromatic rings. The molecule has 504 valence electrons. The Hall–Kier alpha value is -9.27. The molecule has 1 aromatic carbocycles. The molecule has 0 radical (unpaired) electrons. The molecule has 0 spiro atoms. The molecule has 32 nitrogen and oxygen atoms in total. The topological polar surface area (TPSA) is 397 Å². The molecule has 0 amide bonds. The number of carbonyl (C=O) groups excluding carboxylic acids is 13. The van der Waals surface area contributed by atoms with E-state index in [1.807, 2.05) is 0 Å². The van der Waals surface area contributed by atoms with Crippen LogP contribution in [0.4, 0.5) is 0 Å². The third-order valence-electron chi connectivity index (χ3n) is 13.5. The van der Waals surface area contributed by atoms with Gasteiger partial charge in [0.25, 0.3) is 0 Å². The lowest BCUT2D eigenvalue weighted by Crippen LogP contribution is -2.63. The summed E-state index contributed by atoms with van der Waals surface area (Å²) >= 11 is 0. The minimum Gasteiger partial charge on any atom is -0.468 e. The van der Waals surface area contributed by atoms with E-state index in [4.69, 9.17) is 90.0 Å². The third kappa shape index (κ3) is 20.6. The Morgan fingerprint density at radius 2 is 0.837 bits per heavy atom. The molecular formula is C60H72O32. The lowest BCUT2D eigenvalue weighted by atomic mass is 9.86. The van der Waals surface area contributed by atoms with E-state index in [1.165, 1.54) is 38.1 Å². The van der Waals surface area contributed by atoms with Crippen LogP contribution < -0.4 is 9.47 Å². The van der Waals surface area contributed by atoms with Gasteiger partial charge in [0, 0.05) is 91.7 Å². The summed E-state index contributed by atoms with van der Waals surface area (Å²) in [6, 6.07) is 4.35. The molecule has 0 bridgehead atoms. The van der Waals surface area contributed by atoms with Crippen LogP contribution in [0.3, 0.4) is 0 Å². The molecule has 32 heteroatoms. The van der Waals surface area contributed by atoms with Gasteiger partial charge in [-0.05, 0) is 31.5 Å². The third-order valence-corrected chi connectivity index (χ3v) is 13.5. The van der Waals surface area contributed by atoms with Gasteiger partial charge in [-0.15, -0.1) is 0 Å². The first-order valence-corrected chi connectivity index (χ1v) is 28.3. The summed E-state index contributed by atoms with van der Waals surface area (Å²) in [5, 5.41) is 0. The molecule has 14 atom stereocenters. The average molecular weight is 1310 g/mol. The largest absolute Gasteiger partial charge is 0.468 e. The maximum atomic E-state index is 14.7. The highest BCUT2D eigenvalue weighted by atomic mass is 16.8. The van der Waals surface area contributed by atoms with Gasteiger partial charge in [0.05, 0.1) is 57.3 Å². The molecule has 4 heterocycles. The van der Waals surface area contributed by atoms with Crippen LogP contribution in [0, 0.1) is 11.8 Å². The van der Waals surface area contributed by atoms with Crippen molar-refractivity contribution in [2.45, 2.75) is 169 Å². The highest BCUT2D eigenvalue weighted by molar-refractivity contribution is 5.91. The van der Waals surface area contributed by atoms with Crippen molar-refractivity contribution in [3.05, 3.63) is 70.7 Å². The molecule has 4 aliphatic heterocycles. The summed E-state index contributed by atoms with van der Waals surface area (Å²) < 4.78 is 107. The van der Waals surface area contributed by atoms with Crippen LogP contribution in [-0.4, -0.2) is 186 Å². The number of esters is 13. The Bertz CT molecular complexity index is 3080. The maximum Gasteiger partial charge on any atom is 0.337 e. The Labute approximate surface area is 526 Å². The van der Waals surface area contributed by atoms with Crippen molar-refractivity contribution >= 4 is 77.6 Å². The monoisotopic (exact) mass is 1300 g/mol. The van der Waals surface area contributed by atoms with Gasteiger partial charge < -0.3 is 90.0 Å². The van der Waals surface area contributed by atoms with E-state index in [9.17, 15) is 62.3 Å². The van der Waals surface area contributed by atoms with Crippen LogP contribution >= 0.6 is 0 Å². The molecular weight excluding hydrogens is 1230 g/mol. The van der Waals surface area contributed by atoms with E-state index in [1.54, 1.807) is 6.07 Å². The van der Waals surface area contributed by atoms with E-state index in [2.05, 4.69) is 0 Å². The van der Waals surface area contributed by atoms with Gasteiger partial charge in [-0.2, -0.15) is 0 Å². The average Bonchev–Trinajstić information content (AvgIpc) is 0.799. The van der Waals surface area contributed by atoms with E-state index in [0.29, 0.717) is 5.56 Å². The first kappa shape index (κ1) is 73.5. The Morgan fingerprint density at radius 3 is 1.23 bits per heavy atom. The normalized spacial score (nSPS) is 26.6. The van der Waals surface area contributed by atoms with Crippen molar-refractivity contribution in [2.24, 2.45) is 11.8 Å². The molecule has 5 rings (SSSR count). The summed E-state index contributed by atoms with van der Waals surface area (Å²) in [6.07, 6.45) is -17.7. The molecule has 0 saturated carbocycles. The van der Waals surface area contributed by atoms with Gasteiger partial charge in [-0.25, -0.2) is 9.59 Å². The van der Waals surface area contributed by atoms with Gasteiger partial charge in [-0.3, -0.25) is 52.7 Å². The second-order valence-electron chi connectivity index (χ2n) is 20.4. The van der Waals surface area contributed by atoms with E-state index in [-0.39, 0.29) is 46.8 Å². The van der Waals surface area contributed by atoms with Crippen LogP contribution in [0.2, 0.25) is 0 Å². The summed E-state index contributed by atoms with van der Waals surface area (Å²) in [6.45, 7) is 10.7. The Kier molecular flexibility index (Phi) is 27.3. The molecule has 0 aliphatic carbocycles. The number of carbonyl (C=O) groups is 13. The fourth-order valence-corrected chi connectivity index (χ4v) is 9.95. The minimum atomic E-state index is -1.92. The molecule has 0 unspecified atom stereocenters. The number of benzene rings is 1. The maximum absolute atomic E-state index is 14.7. The standard InChI is InChI=1S/C60H72O32/c1-14-37-39(21-47(70)76-19-18-36-16-17-43(81-29(5)63)44(20-36)82-30(6)64)41(55(72)74-12)23-79-57(37)91-60-54(87-35(11)69)52(85-33(9)67)50(46(89-60)26-78-28(4)62)90-48(71)22-40-38(15-2)58(80-24-42(40)56(73)75-13)92-59-53(86-34(10)68)51(84-32(8)66)49(83-31(7)65)45(88-59)25-77-27(3)61/h14-17,20,23-24,39-40,45-46,49-54,57-60H,18-19,21-22,25-26H2,1-13H3/b37-14+,38-15+/t39-,40-,45+,46+,49+,50+,51-,52-,53+,54+,57-,58-,59-,60-/m0/s1. The number of methoxy groups -OCH3 is 2. The van der Waals surface area contributed by atoms with Gasteiger partial charge in [0.1, 0.15) is 25.4 Å². The molecule has 0 N–H and O–H groups in total. The SMILES string of the molecule is C/C=C1/[C@H](O[C@@H]2O[C@H](COC(C)=O)[C@@H](OC(C)=O)[C@H](OC(C)=O)[C@H]2OC(C)=O)OC=C(C(=O)OC)[C@H]1CC(=O)O[C@H]1[C@H](OC(C)=O)[C@@H](OC(C)=O)[C@H](O[C@@H]2OC=C(C(=O)OC)[C@@H](CC(=O)OCCc3ccc(OC(C)=O)c(OC(C)=O)c3)/C2=C\C)O[C@@H]1COC(C)=O. The predicted molar refractivity (Wildman–Crippen MR) is 298 cm³/mol. The second kappa shape index (κ2) is 34.2. The number of allylic oxidation sites excluding steroid dienone is 2. The van der Waals surface area contributed by atoms with Crippen LogP contribution in [0.5, 0.6) is 11.5 Å². The number of hydrogen-bond acceptors (Lipinski definition) is 32. The van der Waals surface area contributed by atoms with E-state index in [0.717, 1.165) is 89.1 Å². The summed E-state index contributed by atoms with van der Waals surface area (Å²) in [5.41, 5.74) is 0.0279. The van der Waals surface area contributed by atoms with Crippen molar-refractivity contribution in [1.29, 1.82) is 0 Å². The van der Waals surface area contributed by atoms with Crippen LogP contribution in [0.1, 0.15) is 94.6 Å². The van der Waals surface area contributed by atoms with E-state index < -0.39 is 189 Å². The van der Waals surface area contributed by atoms with Crippen molar-refractivity contribution in [2.75, 3.05) is 34.0 Å². The van der Waals surface area contributed by atoms with Crippen molar-refractivity contribution < 1.29 is 152 Å². The Balaban J connectivity index is 1.47. The van der Waals surface area contributed by atoms with Gasteiger partial charge in [-0.1, -0.05) is 18.2 Å². The summed E-state index contributed by atoms with van der Waals surface area (Å²) in [5.74, 6) is -14.7. The lowest BCUT2D eigenvalue weighted by Gasteiger charge is -2.45. The quantitative estimate of drug-likeness (QED) is 0.0587. The molecule has 2 fully saturated rings. The zero-order chi connectivity index (χ0) is 68.3. The van der Waals surface area contributed by atoms with Crippen molar-refractivity contribution in [3.8, 4) is 11.5 Å². The lowest BCUT2D eigenvalue weighted by molar-refractivity contribution is -0.332. The summed E-state index contributed by atoms with van der Waals surface area (Å²) in [4.78, 5) is 167. The first-order chi connectivity index (χ1) is 43.5. The van der Waals surface area contributed by atoms with Crippen LogP contribution in [0.25, 0.3) is 0 Å². The fourth-order valence-electron chi connectivity index (χ4n) is 9.95. The number of ether oxygens (including phenoxy) is 19. The molecule has 4 aliphatic rings. The Morgan fingerprint density at radius 1 is 0.446 bits per heavy atom. The van der Waals surface area contributed by atoms with Gasteiger partial charge >= 0.3 is 77.6 Å². The zero-order valence-corrected chi connectivity index (χ0v) is 52.4. The van der Waals surface area contributed by atoms with Gasteiger partial charge in [0.2, 0.25) is 25.2 Å². The molecule has 2 saturated heterocycles. The van der Waals surface area contributed by atoms with Crippen molar-refractivity contribution in [3.63, 3.8) is 0 Å². The molecule has 92 heavy (non-hydrogen) atoms. The number of rotatable bonds is 25. The van der Waals surface area contributed by atoms with Crippen LogP contribution in [-0.2, 0) is 149 Å². The van der Waals surface area contributed by atoms with Crippen molar-refractivity contribution in [1.82, 2.24) is 0 Å². The number of hydrogen-bond donors (Lipinski definition) is 0. The van der Waals surface area contributed by atoms with Crippen LogP contribution in [0.15, 0.2) is 65.2 Å². The van der Waals surface area contributed by atoms with E-state index >= 15 is 0 Å². The highest BCUT2D eigenvalue weighted by Crippen LogP contribution is 2.41. The second-order valence-corrected chi connectivity index (χ2v) is 20.4. The van der Waals surface area contributed by atoms with Gasteiger partial charge in [0.15, 0.2) is 48.1 Å². The molecule has 0 aromatic heterocycles. The first-order valence-electron chi connectivity index (χ1n) is 28.3. The fraction of sp³-hybridized carbons (Fsp3) is 0.550.